The lowest BCUT2D eigenvalue weighted by molar-refractivity contribution is 0.0937. The Morgan fingerprint density at radius 1 is 0.534 bits per heavy atom. The first-order valence-electron chi connectivity index (χ1n) is 29.7. The molecule has 88 heavy (non-hydrogen) atoms. The lowest BCUT2D eigenvalue weighted by atomic mass is 9.94. The largest absolute Gasteiger partial charge is 0.456 e. The van der Waals surface area contributed by atoms with Gasteiger partial charge >= 0.3 is 12.1 Å². The highest BCUT2D eigenvalue weighted by Gasteiger charge is 2.39. The Morgan fingerprint density at radius 2 is 0.943 bits per heavy atom. The van der Waals surface area contributed by atoms with Crippen LogP contribution in [0.3, 0.4) is 0 Å². The summed E-state index contributed by atoms with van der Waals surface area (Å²) in [5, 5.41) is 23.6. The van der Waals surface area contributed by atoms with Gasteiger partial charge in [0.1, 0.15) is 45.7 Å². The number of para-hydroxylation sites is 2. The van der Waals surface area contributed by atoms with Crippen LogP contribution in [-0.4, -0.2) is 67.4 Å². The first-order valence-corrected chi connectivity index (χ1v) is 29.7. The minimum Gasteiger partial charge on any atom is -0.456 e. The maximum absolute atomic E-state index is 14.3. The van der Waals surface area contributed by atoms with E-state index in [0.717, 1.165) is 85.0 Å². The summed E-state index contributed by atoms with van der Waals surface area (Å²) in [5.74, 6) is -0.249. The van der Waals surface area contributed by atoms with Gasteiger partial charge in [0.15, 0.2) is 0 Å². The van der Waals surface area contributed by atoms with E-state index in [1.165, 1.54) is 12.1 Å². The molecule has 0 saturated heterocycles. The standard InChI is InChI=1S/C36H35FN4O3.C35H33FN4O4/c1-4-10-30-33-27(21-41(30)36(43)39-22(2)3)18-29(35(42)38-20-26-12-5-7-15-28(26)37)40-34(33)25-14-9-13-23(17-25)32-19-24-11-6-8-16-31(24)44-32;1-21(2)38-35(43)40-20-26-17-28(34(42)37-19-25-9-3-5-12-27(25)36)39-33(32(26)29(40)14-15-41)24-11-7-10-22(16-24)31-18-23-8-4-6-13-30(23)44-31/h5-9,11-19,22,30H,4,10,20-21H2,1-3H3,(H,38,42)(H,39,43);3-13,16-18,21,29,41H,14-15,19-20H2,1-2H3,(H,37,42)(H,38,43)/t30-;29-/m11/s1. The molecule has 6 aromatic carbocycles. The van der Waals surface area contributed by atoms with Crippen LogP contribution in [0.4, 0.5) is 18.4 Å². The molecule has 0 bridgehead atoms. The molecule has 0 radical (unpaired) electrons. The number of urea groups is 2. The zero-order valence-corrected chi connectivity index (χ0v) is 49.6. The zero-order chi connectivity index (χ0) is 61.6. The van der Waals surface area contributed by atoms with Crippen molar-refractivity contribution < 1.29 is 41.9 Å². The number of aliphatic hydroxyl groups is 1. The Balaban J connectivity index is 0.000000182. The number of nitrogens with zero attached hydrogens (tertiary/aromatic N) is 4. The maximum atomic E-state index is 14.3. The number of carbonyl (C=O) groups is 4. The van der Waals surface area contributed by atoms with Crippen molar-refractivity contribution in [2.24, 2.45) is 0 Å². The van der Waals surface area contributed by atoms with Gasteiger partial charge in [-0.05, 0) is 112 Å². The van der Waals surface area contributed by atoms with Crippen molar-refractivity contribution in [2.45, 2.75) is 104 Å². The summed E-state index contributed by atoms with van der Waals surface area (Å²) in [6, 6.07) is 50.1. The third-order valence-electron chi connectivity index (χ3n) is 15.7. The Hall–Kier alpha value is -10.0. The van der Waals surface area contributed by atoms with Gasteiger partial charge in [0.2, 0.25) is 0 Å². The summed E-state index contributed by atoms with van der Waals surface area (Å²) < 4.78 is 40.8. The lowest BCUT2D eigenvalue weighted by Gasteiger charge is -2.27. The lowest BCUT2D eigenvalue weighted by Crippen LogP contribution is -2.42. The smallest absolute Gasteiger partial charge is 0.318 e. The van der Waals surface area contributed by atoms with Crippen LogP contribution in [-0.2, 0) is 26.2 Å². The highest BCUT2D eigenvalue weighted by Crippen LogP contribution is 2.45. The van der Waals surface area contributed by atoms with Crippen molar-refractivity contribution in [3.8, 4) is 45.2 Å². The molecule has 0 saturated carbocycles. The Morgan fingerprint density at radius 3 is 1.35 bits per heavy atom. The van der Waals surface area contributed by atoms with Crippen LogP contribution in [0, 0.1) is 11.6 Å². The van der Waals surface area contributed by atoms with E-state index in [0.29, 0.717) is 41.2 Å². The third kappa shape index (κ3) is 12.9. The number of halogens is 2. The summed E-state index contributed by atoms with van der Waals surface area (Å²) in [6.45, 7) is 10.2. The Kier molecular flexibility index (Phi) is 17.9. The van der Waals surface area contributed by atoms with Crippen molar-refractivity contribution in [3.05, 3.63) is 226 Å². The normalized spacial score (nSPS) is 14.2. The zero-order valence-electron chi connectivity index (χ0n) is 49.6. The van der Waals surface area contributed by atoms with Crippen LogP contribution in [0.15, 0.2) is 179 Å². The van der Waals surface area contributed by atoms with Gasteiger partial charge in [0.25, 0.3) is 11.8 Å². The second kappa shape index (κ2) is 26.3. The molecule has 15 nitrogen and oxygen atoms in total. The fraction of sp³-hybridized carbons (Fsp3) is 0.239. The molecule has 17 heteroatoms. The second-order valence-corrected chi connectivity index (χ2v) is 22.7. The molecule has 6 amide bonds. The molecule has 0 fully saturated rings. The summed E-state index contributed by atoms with van der Waals surface area (Å²) in [7, 11) is 0. The van der Waals surface area contributed by atoms with Crippen molar-refractivity contribution in [3.63, 3.8) is 0 Å². The minimum absolute atomic E-state index is 0.00278. The fourth-order valence-electron chi connectivity index (χ4n) is 11.6. The van der Waals surface area contributed by atoms with E-state index in [1.807, 2.05) is 142 Å². The fourth-order valence-corrected chi connectivity index (χ4v) is 11.6. The number of benzene rings is 6. The van der Waals surface area contributed by atoms with Crippen molar-refractivity contribution in [1.29, 1.82) is 0 Å². The molecule has 4 aromatic heterocycles. The number of nitrogens with one attached hydrogen (secondary N) is 4. The van der Waals surface area contributed by atoms with E-state index in [1.54, 1.807) is 53.4 Å². The van der Waals surface area contributed by atoms with E-state index in [2.05, 4.69) is 28.2 Å². The summed E-state index contributed by atoms with van der Waals surface area (Å²) in [4.78, 5) is 66.8. The minimum atomic E-state index is -0.463. The molecule has 6 heterocycles. The average Bonchev–Trinajstić information content (AvgIpc) is 1.94. The van der Waals surface area contributed by atoms with Crippen molar-refractivity contribution in [2.75, 3.05) is 6.61 Å². The molecule has 448 valence electrons. The number of hydrogen-bond acceptors (Lipinski definition) is 9. The molecular formula is C71H68F2N8O7. The van der Waals surface area contributed by atoms with E-state index in [-0.39, 0.29) is 73.6 Å². The first-order chi connectivity index (χ1) is 42.6. The van der Waals surface area contributed by atoms with Gasteiger partial charge in [-0.1, -0.05) is 123 Å². The van der Waals surface area contributed by atoms with Gasteiger partial charge in [0.05, 0.1) is 23.5 Å². The monoisotopic (exact) mass is 1180 g/mol. The van der Waals surface area contributed by atoms with E-state index >= 15 is 0 Å². The summed E-state index contributed by atoms with van der Waals surface area (Å²) in [5.41, 5.74) is 10.5. The summed E-state index contributed by atoms with van der Waals surface area (Å²) in [6.07, 6.45) is 1.91. The molecule has 5 N–H and O–H groups in total. The second-order valence-electron chi connectivity index (χ2n) is 22.7. The number of furan rings is 2. The molecule has 10 aromatic rings. The summed E-state index contributed by atoms with van der Waals surface area (Å²) >= 11 is 0. The number of fused-ring (bicyclic) bond motifs is 4. The number of carbonyl (C=O) groups excluding carboxylic acids is 4. The predicted molar refractivity (Wildman–Crippen MR) is 335 cm³/mol. The maximum Gasteiger partial charge on any atom is 0.318 e. The molecule has 2 atom stereocenters. The third-order valence-corrected chi connectivity index (χ3v) is 15.7. The van der Waals surface area contributed by atoms with E-state index < -0.39 is 23.7 Å². The Labute approximate surface area is 508 Å². The first kappa shape index (κ1) is 59.7. The van der Waals surface area contributed by atoms with Crippen LogP contribution in [0.25, 0.3) is 67.1 Å². The van der Waals surface area contributed by atoms with Crippen LogP contribution >= 0.6 is 0 Å². The molecular weight excluding hydrogens is 1110 g/mol. The predicted octanol–water partition coefficient (Wildman–Crippen LogP) is 14.6. The van der Waals surface area contributed by atoms with Crippen molar-refractivity contribution in [1.82, 2.24) is 41.0 Å². The number of amides is 6. The topological polar surface area (TPSA) is 195 Å². The van der Waals surface area contributed by atoms with Gasteiger partial charge < -0.3 is 45.0 Å². The van der Waals surface area contributed by atoms with Crippen LogP contribution in [0.1, 0.15) is 120 Å². The van der Waals surface area contributed by atoms with E-state index in [4.69, 9.17) is 18.8 Å². The van der Waals surface area contributed by atoms with Gasteiger partial charge in [-0.25, -0.2) is 28.3 Å². The molecule has 0 unspecified atom stereocenters. The van der Waals surface area contributed by atoms with E-state index in [9.17, 15) is 33.1 Å². The average molecular weight is 1180 g/mol. The number of rotatable bonds is 16. The quantitative estimate of drug-likeness (QED) is 0.0625. The number of aromatic nitrogens is 2. The number of hydrogen-bond donors (Lipinski definition) is 5. The van der Waals surface area contributed by atoms with Crippen LogP contribution in [0.2, 0.25) is 0 Å². The highest BCUT2D eigenvalue weighted by atomic mass is 19.1. The number of pyridine rings is 2. The number of aliphatic hydroxyl groups excluding tert-OH is 1. The SMILES string of the molecule is CC(C)NC(=O)N1Cc2cc(C(=O)NCc3ccccc3F)nc(-c3cccc(-c4cc5ccccc5o4)c3)c2[C@H]1CCO.CCC[C@@H]1c2c(cc(C(=O)NCc3ccccc3F)nc2-c2cccc(-c3cc4ccccc4o3)c2)CN1C(=O)NC(C)C. The van der Waals surface area contributed by atoms with Gasteiger partial charge in [-0.15, -0.1) is 0 Å². The van der Waals surface area contributed by atoms with Gasteiger partial charge in [-0.3, -0.25) is 9.59 Å². The molecule has 2 aliphatic heterocycles. The van der Waals surface area contributed by atoms with Crippen molar-refractivity contribution >= 4 is 45.8 Å². The Bertz CT molecular complexity index is 3900. The highest BCUT2D eigenvalue weighted by molar-refractivity contribution is 5.95. The molecule has 12 rings (SSSR count). The van der Waals surface area contributed by atoms with Gasteiger partial charge in [-0.2, -0.15) is 0 Å². The van der Waals surface area contributed by atoms with Gasteiger partial charge in [0, 0.05) is 100 Å². The van der Waals surface area contributed by atoms with Crippen LogP contribution in [0.5, 0.6) is 0 Å². The molecule has 0 spiro atoms. The molecule has 2 aliphatic rings. The van der Waals surface area contributed by atoms with Crippen LogP contribution < -0.4 is 21.3 Å². The molecule has 0 aliphatic carbocycles.